The zero-order valence-electron chi connectivity index (χ0n) is 8.08. The van der Waals surface area contributed by atoms with Gasteiger partial charge in [0.1, 0.15) is 6.69 Å². The van der Waals surface area contributed by atoms with Crippen molar-refractivity contribution >= 4 is 31.5 Å². The summed E-state index contributed by atoms with van der Waals surface area (Å²) >= 11 is 3.79. The van der Waals surface area contributed by atoms with E-state index in [4.69, 9.17) is 0 Å². The van der Waals surface area contributed by atoms with Gasteiger partial charge in [0, 0.05) is 9.52 Å². The van der Waals surface area contributed by atoms with Crippen molar-refractivity contribution < 1.29 is 0 Å². The molecule has 0 saturated carbocycles. The van der Waals surface area contributed by atoms with E-state index < -0.39 is 6.69 Å². The molecule has 0 aliphatic carbocycles. The smallest absolute Gasteiger partial charge is 0.124 e. The van der Waals surface area contributed by atoms with E-state index in [1.54, 1.807) is 5.20 Å². The molecule has 0 rings (SSSR count). The molecule has 66 valence electrons. The number of rotatable bonds is 4. The summed E-state index contributed by atoms with van der Waals surface area (Å²) < 4.78 is 0. The van der Waals surface area contributed by atoms with Crippen molar-refractivity contribution in [3.05, 3.63) is 11.3 Å². The minimum Gasteiger partial charge on any atom is -0.127 e. The van der Waals surface area contributed by atoms with Crippen molar-refractivity contribution in [2.75, 3.05) is 0 Å². The van der Waals surface area contributed by atoms with Crippen LogP contribution < -0.4 is 0 Å². The van der Waals surface area contributed by atoms with Crippen LogP contribution in [0.5, 0.6) is 0 Å². The first kappa shape index (κ1) is 11.7. The Labute approximate surface area is 81.9 Å². The molecule has 0 fully saturated rings. The van der Waals surface area contributed by atoms with Gasteiger partial charge >= 0.3 is 0 Å². The maximum atomic E-state index is 3.79. The summed E-state index contributed by atoms with van der Waals surface area (Å²) in [5, 5.41) is 1.66. The summed E-state index contributed by atoms with van der Waals surface area (Å²) in [6.07, 6.45) is 2.27. The molecule has 0 radical (unpaired) electrons. The Balaban J connectivity index is 3.43. The third kappa shape index (κ3) is 8.56. The third-order valence-electron chi connectivity index (χ3n) is 1.84. The van der Waals surface area contributed by atoms with Gasteiger partial charge in [-0.05, 0) is 13.8 Å². The van der Waals surface area contributed by atoms with Crippen LogP contribution in [0.1, 0.15) is 13.8 Å². The Kier molecular flexibility index (Phi) is 5.64. The third-order valence-corrected chi connectivity index (χ3v) is 7.18. The molecular formula is C8H19BrSi2. The number of hydrogen-bond acceptors (Lipinski definition) is 0. The predicted molar refractivity (Wildman–Crippen MR) is 64.0 cm³/mol. The van der Waals surface area contributed by atoms with E-state index in [1.807, 2.05) is 0 Å². The lowest BCUT2D eigenvalue weighted by molar-refractivity contribution is 1.36. The fraction of sp³-hybridized carbons (Fsp3) is 0.750. The first-order valence-corrected chi connectivity index (χ1v) is 11.4. The van der Waals surface area contributed by atoms with Crippen LogP contribution in [0.3, 0.4) is 0 Å². The van der Waals surface area contributed by atoms with Crippen LogP contribution >= 0.6 is 15.3 Å². The summed E-state index contributed by atoms with van der Waals surface area (Å²) in [4.78, 5) is 0. The fourth-order valence-corrected chi connectivity index (χ4v) is 8.37. The predicted octanol–water partition coefficient (Wildman–Crippen LogP) is 3.10. The molecule has 0 aromatic rings. The highest BCUT2D eigenvalue weighted by molar-refractivity contribution is 9.26. The van der Waals surface area contributed by atoms with Gasteiger partial charge < -0.3 is 0 Å². The summed E-state index contributed by atoms with van der Waals surface area (Å²) in [6.45, 7) is 8.27. The summed E-state index contributed by atoms with van der Waals surface area (Å²) in [5.74, 6) is 0. The number of hydrogen-bond donors (Lipinski definition) is 0. The van der Waals surface area contributed by atoms with Crippen molar-refractivity contribution in [2.24, 2.45) is 0 Å². The molecule has 0 heterocycles. The zero-order chi connectivity index (χ0) is 8.91. The van der Waals surface area contributed by atoms with E-state index >= 15 is 0 Å². The second-order valence-electron chi connectivity index (χ2n) is 3.71. The Bertz CT molecular complexity index is 136. The topological polar surface area (TPSA) is 0 Å². The molecule has 0 aromatic heterocycles. The van der Waals surface area contributed by atoms with Crippen LogP contribution in [0.25, 0.3) is 0 Å². The van der Waals surface area contributed by atoms with Crippen LogP contribution in [0, 0.1) is 0 Å². The molecule has 0 aliphatic heterocycles. The second kappa shape index (κ2) is 5.33. The van der Waals surface area contributed by atoms with Crippen molar-refractivity contribution in [1.29, 1.82) is 0 Å². The minimum atomic E-state index is -0.917. The van der Waals surface area contributed by atoms with Crippen LogP contribution in [0.2, 0.25) is 25.2 Å². The van der Waals surface area contributed by atoms with Crippen molar-refractivity contribution in [3.8, 4) is 0 Å². The largest absolute Gasteiger partial charge is 0.127 e. The summed E-state index contributed by atoms with van der Waals surface area (Å²) in [7, 11) is 0.122. The molecule has 0 unspecified atom stereocenters. The lowest BCUT2D eigenvalue weighted by Crippen LogP contribution is -2.15. The van der Waals surface area contributed by atoms with Gasteiger partial charge in [-0.1, -0.05) is 36.5 Å². The van der Waals surface area contributed by atoms with Gasteiger partial charge in [-0.25, -0.2) is 0 Å². The van der Waals surface area contributed by atoms with Crippen molar-refractivity contribution in [1.82, 2.24) is 0 Å². The highest BCUT2D eigenvalue weighted by atomic mass is 79.9. The van der Waals surface area contributed by atoms with E-state index in [9.17, 15) is 0 Å². The van der Waals surface area contributed by atoms with Gasteiger partial charge in [-0.15, -0.1) is 15.3 Å². The molecule has 0 saturated heterocycles. The second-order valence-corrected chi connectivity index (χ2v) is 16.4. The highest BCUT2D eigenvalue weighted by Crippen LogP contribution is 2.19. The standard InChI is InChI=1S/C8H19BrSi2/c1-5-8(2)10-6-7-11(3,4)9/h5H,6-7,10H2,1-4H3. The van der Waals surface area contributed by atoms with Crippen LogP contribution in [-0.4, -0.2) is 16.2 Å². The molecule has 0 atom stereocenters. The number of allylic oxidation sites excluding steroid dienone is 2. The Morgan fingerprint density at radius 2 is 2.09 bits per heavy atom. The summed E-state index contributed by atoms with van der Waals surface area (Å²) in [6, 6.07) is 2.94. The van der Waals surface area contributed by atoms with Crippen molar-refractivity contribution in [2.45, 2.75) is 39.0 Å². The molecule has 0 amide bonds. The molecule has 0 spiro atoms. The normalized spacial score (nSPS) is 14.8. The average molecular weight is 251 g/mol. The Morgan fingerprint density at radius 1 is 1.55 bits per heavy atom. The molecule has 0 bridgehead atoms. The fourth-order valence-electron chi connectivity index (χ4n) is 0.932. The van der Waals surface area contributed by atoms with E-state index in [0.29, 0.717) is 0 Å². The molecule has 3 heteroatoms. The monoisotopic (exact) mass is 250 g/mol. The lowest BCUT2D eigenvalue weighted by Gasteiger charge is -2.12. The zero-order valence-corrected chi connectivity index (χ0v) is 12.1. The van der Waals surface area contributed by atoms with Gasteiger partial charge in [0.05, 0.1) is 0 Å². The number of halogens is 1. The van der Waals surface area contributed by atoms with Gasteiger partial charge in [0.25, 0.3) is 0 Å². The van der Waals surface area contributed by atoms with E-state index in [2.05, 4.69) is 48.3 Å². The minimum absolute atomic E-state index is 0.122. The Morgan fingerprint density at radius 3 is 2.45 bits per heavy atom. The molecule has 0 aromatic carbocycles. The first-order chi connectivity index (χ1) is 4.95. The van der Waals surface area contributed by atoms with E-state index in [-0.39, 0.29) is 9.52 Å². The van der Waals surface area contributed by atoms with E-state index in [0.717, 1.165) is 0 Å². The van der Waals surface area contributed by atoms with E-state index in [1.165, 1.54) is 12.1 Å². The maximum absolute atomic E-state index is 3.79. The molecule has 11 heavy (non-hydrogen) atoms. The van der Waals surface area contributed by atoms with Crippen molar-refractivity contribution in [3.63, 3.8) is 0 Å². The molecular weight excluding hydrogens is 232 g/mol. The lowest BCUT2D eigenvalue weighted by atomic mass is 10.6. The molecule has 0 nitrogen and oxygen atoms in total. The van der Waals surface area contributed by atoms with Gasteiger partial charge in [-0.2, -0.15) is 0 Å². The van der Waals surface area contributed by atoms with Gasteiger partial charge in [0.2, 0.25) is 0 Å². The average Bonchev–Trinajstić information content (AvgIpc) is 1.85. The quantitative estimate of drug-likeness (QED) is 0.532. The first-order valence-electron chi connectivity index (χ1n) is 4.26. The summed E-state index contributed by atoms with van der Waals surface area (Å²) in [5.41, 5.74) is 0. The Hall–Kier alpha value is 0.654. The van der Waals surface area contributed by atoms with Gasteiger partial charge in [0.15, 0.2) is 0 Å². The highest BCUT2D eigenvalue weighted by Gasteiger charge is 2.14. The van der Waals surface area contributed by atoms with Crippen LogP contribution in [-0.2, 0) is 0 Å². The SMILES string of the molecule is CC=C(C)[SiH2]CC[Si](C)(C)Br. The molecule has 0 aliphatic rings. The maximum Gasteiger partial charge on any atom is 0.124 e. The molecule has 0 N–H and O–H groups in total. The van der Waals surface area contributed by atoms with Crippen LogP contribution in [0.4, 0.5) is 0 Å². The van der Waals surface area contributed by atoms with Gasteiger partial charge in [-0.3, -0.25) is 0 Å². The van der Waals surface area contributed by atoms with Crippen LogP contribution in [0.15, 0.2) is 11.3 Å².